The summed E-state index contributed by atoms with van der Waals surface area (Å²) in [6, 6.07) is 12.7. The third-order valence-corrected chi connectivity index (χ3v) is 3.86. The first-order chi connectivity index (χ1) is 9.50. The Bertz CT molecular complexity index is 672. The second-order valence-electron chi connectivity index (χ2n) is 4.11. The Balaban J connectivity index is 2.46. The van der Waals surface area contributed by atoms with Crippen molar-refractivity contribution in [1.82, 2.24) is 0 Å². The summed E-state index contributed by atoms with van der Waals surface area (Å²) in [6.07, 6.45) is 0. The number of halogens is 1. The van der Waals surface area contributed by atoms with Gasteiger partial charge in [-0.2, -0.15) is 0 Å². The standard InChI is InChI=1S/C14H10BrNO4/c15-13(9-4-3-5-10(8-9)16(19)20)11-6-1-2-7-12(11)14(17)18/h1-8,13H,(H,17,18). The Morgan fingerprint density at radius 2 is 1.90 bits per heavy atom. The molecule has 0 aliphatic carbocycles. The van der Waals surface area contributed by atoms with Gasteiger partial charge in [-0.25, -0.2) is 4.79 Å². The van der Waals surface area contributed by atoms with Crippen LogP contribution in [0.25, 0.3) is 0 Å². The fourth-order valence-corrected chi connectivity index (χ4v) is 2.57. The van der Waals surface area contributed by atoms with E-state index < -0.39 is 15.7 Å². The van der Waals surface area contributed by atoms with Crippen LogP contribution in [-0.2, 0) is 0 Å². The first-order valence-corrected chi connectivity index (χ1v) is 6.63. The van der Waals surface area contributed by atoms with Crippen LogP contribution < -0.4 is 0 Å². The molecule has 0 fully saturated rings. The third-order valence-electron chi connectivity index (χ3n) is 2.84. The molecular formula is C14H10BrNO4. The van der Waals surface area contributed by atoms with E-state index in [1.54, 1.807) is 30.3 Å². The fraction of sp³-hybridized carbons (Fsp3) is 0.0714. The van der Waals surface area contributed by atoms with Gasteiger partial charge in [0.25, 0.3) is 5.69 Å². The van der Waals surface area contributed by atoms with Crippen molar-refractivity contribution in [2.24, 2.45) is 0 Å². The molecule has 0 spiro atoms. The van der Waals surface area contributed by atoms with E-state index in [4.69, 9.17) is 0 Å². The normalized spacial score (nSPS) is 11.8. The number of carbonyl (C=O) groups is 1. The van der Waals surface area contributed by atoms with Crippen LogP contribution in [0.3, 0.4) is 0 Å². The van der Waals surface area contributed by atoms with E-state index in [1.807, 2.05) is 0 Å². The zero-order valence-electron chi connectivity index (χ0n) is 10.2. The van der Waals surface area contributed by atoms with Crippen LogP contribution >= 0.6 is 15.9 Å². The molecule has 0 bridgehead atoms. The lowest BCUT2D eigenvalue weighted by atomic mass is 9.99. The van der Waals surface area contributed by atoms with Gasteiger partial charge in [-0.05, 0) is 17.2 Å². The van der Waals surface area contributed by atoms with Crippen LogP contribution in [-0.4, -0.2) is 16.0 Å². The minimum atomic E-state index is -1.03. The van der Waals surface area contributed by atoms with E-state index in [0.29, 0.717) is 11.1 Å². The van der Waals surface area contributed by atoms with E-state index in [1.165, 1.54) is 18.2 Å². The maximum absolute atomic E-state index is 11.2. The summed E-state index contributed by atoms with van der Waals surface area (Å²) in [6.45, 7) is 0. The Kier molecular flexibility index (Phi) is 4.14. The van der Waals surface area contributed by atoms with Gasteiger partial charge < -0.3 is 5.11 Å². The molecule has 0 aliphatic rings. The topological polar surface area (TPSA) is 80.4 Å². The molecule has 0 radical (unpaired) electrons. The van der Waals surface area contributed by atoms with Crippen LogP contribution in [0.4, 0.5) is 5.69 Å². The molecule has 6 heteroatoms. The van der Waals surface area contributed by atoms with Crippen molar-refractivity contribution >= 4 is 27.6 Å². The number of carboxylic acids is 1. The number of rotatable bonds is 4. The van der Waals surface area contributed by atoms with Gasteiger partial charge in [0.15, 0.2) is 0 Å². The quantitative estimate of drug-likeness (QED) is 0.523. The summed E-state index contributed by atoms with van der Waals surface area (Å²) in [5.41, 5.74) is 1.33. The molecule has 0 aliphatic heterocycles. The average Bonchev–Trinajstić information content (AvgIpc) is 2.46. The number of nitrogens with zero attached hydrogens (tertiary/aromatic N) is 1. The lowest BCUT2D eigenvalue weighted by Crippen LogP contribution is -2.04. The largest absolute Gasteiger partial charge is 0.478 e. The minimum absolute atomic E-state index is 0.0280. The summed E-state index contributed by atoms with van der Waals surface area (Å²) < 4.78 is 0. The van der Waals surface area contributed by atoms with Crippen LogP contribution in [0.1, 0.15) is 26.3 Å². The van der Waals surface area contributed by atoms with Gasteiger partial charge in [-0.3, -0.25) is 10.1 Å². The number of aromatic carboxylic acids is 1. The van der Waals surface area contributed by atoms with E-state index in [9.17, 15) is 20.0 Å². The van der Waals surface area contributed by atoms with E-state index >= 15 is 0 Å². The zero-order valence-corrected chi connectivity index (χ0v) is 11.8. The average molecular weight is 336 g/mol. The summed E-state index contributed by atoms with van der Waals surface area (Å²) in [5, 5.41) is 20.0. The molecule has 20 heavy (non-hydrogen) atoms. The highest BCUT2D eigenvalue weighted by atomic mass is 79.9. The lowest BCUT2D eigenvalue weighted by Gasteiger charge is -2.13. The van der Waals surface area contributed by atoms with Gasteiger partial charge in [-0.1, -0.05) is 46.3 Å². The first-order valence-electron chi connectivity index (χ1n) is 5.71. The maximum atomic E-state index is 11.2. The fourth-order valence-electron chi connectivity index (χ4n) is 1.89. The number of benzene rings is 2. The molecular weight excluding hydrogens is 326 g/mol. The van der Waals surface area contributed by atoms with Crippen LogP contribution in [0, 0.1) is 10.1 Å². The van der Waals surface area contributed by atoms with Gasteiger partial charge in [0.05, 0.1) is 15.3 Å². The molecule has 0 saturated carbocycles. The first kappa shape index (κ1) is 14.2. The molecule has 2 rings (SSSR count). The molecule has 0 saturated heterocycles. The van der Waals surface area contributed by atoms with Crippen molar-refractivity contribution in [2.75, 3.05) is 0 Å². The van der Waals surface area contributed by atoms with Gasteiger partial charge in [0.2, 0.25) is 0 Å². The van der Waals surface area contributed by atoms with Crippen molar-refractivity contribution in [2.45, 2.75) is 4.83 Å². The highest BCUT2D eigenvalue weighted by molar-refractivity contribution is 9.09. The van der Waals surface area contributed by atoms with E-state index in [-0.39, 0.29) is 11.3 Å². The highest BCUT2D eigenvalue weighted by Crippen LogP contribution is 2.34. The smallest absolute Gasteiger partial charge is 0.336 e. The number of nitro groups is 1. The predicted octanol–water partition coefficient (Wildman–Crippen LogP) is 3.78. The van der Waals surface area contributed by atoms with Crippen molar-refractivity contribution < 1.29 is 14.8 Å². The SMILES string of the molecule is O=C(O)c1ccccc1C(Br)c1cccc([N+](=O)[O-])c1. The van der Waals surface area contributed by atoms with Crippen molar-refractivity contribution in [3.8, 4) is 0 Å². The molecule has 0 aromatic heterocycles. The van der Waals surface area contributed by atoms with Gasteiger partial charge in [0.1, 0.15) is 0 Å². The monoisotopic (exact) mass is 335 g/mol. The second-order valence-corrected chi connectivity index (χ2v) is 5.02. The number of carboxylic acid groups (broad SMARTS) is 1. The number of hydrogen-bond acceptors (Lipinski definition) is 3. The summed E-state index contributed by atoms with van der Waals surface area (Å²) >= 11 is 3.41. The molecule has 1 N–H and O–H groups in total. The molecule has 0 heterocycles. The van der Waals surface area contributed by atoms with Gasteiger partial charge in [0, 0.05) is 12.1 Å². The number of hydrogen-bond donors (Lipinski definition) is 1. The zero-order chi connectivity index (χ0) is 14.7. The third kappa shape index (κ3) is 2.85. The Labute approximate surface area is 123 Å². The Morgan fingerprint density at radius 1 is 1.20 bits per heavy atom. The molecule has 2 aromatic carbocycles. The molecule has 1 atom stereocenters. The summed E-state index contributed by atoms with van der Waals surface area (Å²) in [7, 11) is 0. The van der Waals surface area contributed by atoms with Crippen LogP contribution in [0.2, 0.25) is 0 Å². The number of alkyl halides is 1. The second kappa shape index (κ2) is 5.83. The molecule has 0 amide bonds. The maximum Gasteiger partial charge on any atom is 0.336 e. The lowest BCUT2D eigenvalue weighted by molar-refractivity contribution is -0.384. The highest BCUT2D eigenvalue weighted by Gasteiger charge is 2.19. The van der Waals surface area contributed by atoms with Gasteiger partial charge >= 0.3 is 5.97 Å². The molecule has 102 valence electrons. The number of non-ortho nitro benzene ring substituents is 1. The van der Waals surface area contributed by atoms with Crippen molar-refractivity contribution in [3.05, 3.63) is 75.3 Å². The Hall–Kier alpha value is -2.21. The van der Waals surface area contributed by atoms with Crippen LogP contribution in [0.15, 0.2) is 48.5 Å². The van der Waals surface area contributed by atoms with E-state index in [2.05, 4.69) is 15.9 Å². The van der Waals surface area contributed by atoms with Gasteiger partial charge in [-0.15, -0.1) is 0 Å². The van der Waals surface area contributed by atoms with Crippen molar-refractivity contribution in [1.29, 1.82) is 0 Å². The number of nitro benzene ring substituents is 1. The summed E-state index contributed by atoms with van der Waals surface area (Å²) in [4.78, 5) is 21.1. The van der Waals surface area contributed by atoms with Crippen molar-refractivity contribution in [3.63, 3.8) is 0 Å². The minimum Gasteiger partial charge on any atom is -0.478 e. The predicted molar refractivity (Wildman–Crippen MR) is 77.3 cm³/mol. The van der Waals surface area contributed by atoms with Crippen LogP contribution in [0.5, 0.6) is 0 Å². The van der Waals surface area contributed by atoms with E-state index in [0.717, 1.165) is 0 Å². The molecule has 2 aromatic rings. The Morgan fingerprint density at radius 3 is 2.55 bits per heavy atom. The molecule has 5 nitrogen and oxygen atoms in total. The molecule has 1 unspecified atom stereocenters. The summed E-state index contributed by atoms with van der Waals surface area (Å²) in [5.74, 6) is -1.03.